The highest BCUT2D eigenvalue weighted by molar-refractivity contribution is 5.76. The van der Waals surface area contributed by atoms with Crippen molar-refractivity contribution in [1.29, 1.82) is 0 Å². The summed E-state index contributed by atoms with van der Waals surface area (Å²) in [6.07, 6.45) is 0.801. The Hall–Kier alpha value is -2.11. The second-order valence-corrected chi connectivity index (χ2v) is 6.94. The minimum absolute atomic E-state index is 0.368. The summed E-state index contributed by atoms with van der Waals surface area (Å²) in [5.74, 6) is -1.24. The van der Waals surface area contributed by atoms with Crippen molar-refractivity contribution in [3.05, 3.63) is 35.6 Å². The maximum absolute atomic E-state index is 13.3. The highest BCUT2D eigenvalue weighted by Gasteiger charge is 2.41. The molecule has 0 N–H and O–H groups in total. The first-order valence-electron chi connectivity index (χ1n) is 8.06. The fourth-order valence-corrected chi connectivity index (χ4v) is 2.99. The molecule has 0 radical (unpaired) electrons. The summed E-state index contributed by atoms with van der Waals surface area (Å²) in [4.78, 5) is 26.3. The van der Waals surface area contributed by atoms with E-state index in [1.807, 2.05) is 0 Å². The molecule has 6 heteroatoms. The van der Waals surface area contributed by atoms with Gasteiger partial charge in [-0.05, 0) is 51.3 Å². The number of benzene rings is 1. The molecule has 1 saturated heterocycles. The fraction of sp³-hybridized carbons (Fsp3) is 0.556. The SMILES string of the molecule is COC(=O)C1CCCN(C(=O)OC(C)(C)C)C1c1ccc(F)cc1. The van der Waals surface area contributed by atoms with Gasteiger partial charge in [-0.2, -0.15) is 0 Å². The zero-order chi connectivity index (χ0) is 17.9. The molecule has 0 spiro atoms. The first-order valence-corrected chi connectivity index (χ1v) is 8.06. The minimum atomic E-state index is -0.636. The molecule has 2 unspecified atom stereocenters. The Morgan fingerprint density at radius 1 is 1.21 bits per heavy atom. The van der Waals surface area contributed by atoms with Crippen molar-refractivity contribution in [3.63, 3.8) is 0 Å². The van der Waals surface area contributed by atoms with Gasteiger partial charge in [0.15, 0.2) is 0 Å². The number of rotatable bonds is 2. The molecular weight excluding hydrogens is 313 g/mol. The molecule has 1 aromatic carbocycles. The Kier molecular flexibility index (Phi) is 5.47. The van der Waals surface area contributed by atoms with Gasteiger partial charge >= 0.3 is 12.1 Å². The van der Waals surface area contributed by atoms with Gasteiger partial charge in [-0.3, -0.25) is 4.79 Å². The van der Waals surface area contributed by atoms with Crippen LogP contribution in [0.4, 0.5) is 9.18 Å². The fourth-order valence-electron chi connectivity index (χ4n) is 2.99. The number of amides is 1. The van der Waals surface area contributed by atoms with E-state index in [0.29, 0.717) is 24.9 Å². The van der Waals surface area contributed by atoms with Crippen molar-refractivity contribution in [2.45, 2.75) is 45.3 Å². The van der Waals surface area contributed by atoms with Gasteiger partial charge in [0.2, 0.25) is 0 Å². The zero-order valence-corrected chi connectivity index (χ0v) is 14.5. The summed E-state index contributed by atoms with van der Waals surface area (Å²) >= 11 is 0. The van der Waals surface area contributed by atoms with E-state index in [1.54, 1.807) is 37.8 Å². The molecule has 2 rings (SSSR count). The van der Waals surface area contributed by atoms with Gasteiger partial charge in [0.05, 0.1) is 19.1 Å². The van der Waals surface area contributed by atoms with E-state index in [1.165, 1.54) is 19.2 Å². The van der Waals surface area contributed by atoms with Crippen molar-refractivity contribution >= 4 is 12.1 Å². The normalized spacial score (nSPS) is 21.3. The van der Waals surface area contributed by atoms with Crippen molar-refractivity contribution < 1.29 is 23.5 Å². The number of nitrogens with zero attached hydrogens (tertiary/aromatic N) is 1. The molecular formula is C18H24FNO4. The zero-order valence-electron chi connectivity index (χ0n) is 14.5. The number of ether oxygens (including phenoxy) is 2. The van der Waals surface area contributed by atoms with Crippen molar-refractivity contribution in [1.82, 2.24) is 4.90 Å². The number of carbonyl (C=O) groups excluding carboxylic acids is 2. The van der Waals surface area contributed by atoms with Crippen LogP contribution >= 0.6 is 0 Å². The second-order valence-electron chi connectivity index (χ2n) is 6.94. The molecule has 0 bridgehead atoms. The summed E-state index contributed by atoms with van der Waals surface area (Å²) in [7, 11) is 1.33. The van der Waals surface area contributed by atoms with Crippen LogP contribution in [-0.2, 0) is 14.3 Å². The van der Waals surface area contributed by atoms with Crippen LogP contribution in [0, 0.1) is 11.7 Å². The van der Waals surface area contributed by atoms with Gasteiger partial charge in [-0.25, -0.2) is 9.18 Å². The molecule has 0 aliphatic carbocycles. The number of methoxy groups -OCH3 is 1. The Balaban J connectivity index is 2.37. The topological polar surface area (TPSA) is 55.8 Å². The van der Waals surface area contributed by atoms with Crippen LogP contribution in [0.25, 0.3) is 0 Å². The monoisotopic (exact) mass is 337 g/mol. The molecule has 1 aliphatic rings. The Labute approximate surface area is 141 Å². The first kappa shape index (κ1) is 18.2. The van der Waals surface area contributed by atoms with E-state index in [0.717, 1.165) is 0 Å². The summed E-state index contributed by atoms with van der Waals surface area (Å²) in [6, 6.07) is 5.32. The second kappa shape index (κ2) is 7.20. The standard InChI is InChI=1S/C18H24FNO4/c1-18(2,3)24-17(22)20-11-5-6-14(16(21)23-4)15(20)12-7-9-13(19)10-8-12/h7-10,14-15H,5-6,11H2,1-4H3. The van der Waals surface area contributed by atoms with Crippen molar-refractivity contribution in [2.75, 3.05) is 13.7 Å². The molecule has 132 valence electrons. The van der Waals surface area contributed by atoms with Gasteiger partial charge in [-0.1, -0.05) is 12.1 Å². The molecule has 1 amide bonds. The minimum Gasteiger partial charge on any atom is -0.469 e. The number of piperidine rings is 1. The van der Waals surface area contributed by atoms with Crippen molar-refractivity contribution in [3.8, 4) is 0 Å². The predicted octanol–water partition coefficient (Wildman–Crippen LogP) is 3.69. The highest BCUT2D eigenvalue weighted by Crippen LogP contribution is 2.37. The number of hydrogen-bond acceptors (Lipinski definition) is 4. The van der Waals surface area contributed by atoms with Crippen LogP contribution in [0.5, 0.6) is 0 Å². The average Bonchev–Trinajstić information content (AvgIpc) is 2.52. The van der Waals surface area contributed by atoms with Crippen LogP contribution in [0.15, 0.2) is 24.3 Å². The van der Waals surface area contributed by atoms with E-state index in [9.17, 15) is 14.0 Å². The number of esters is 1. The Bertz CT molecular complexity index is 594. The molecule has 0 saturated carbocycles. The van der Waals surface area contributed by atoms with Gasteiger partial charge in [0.1, 0.15) is 11.4 Å². The van der Waals surface area contributed by atoms with Crippen LogP contribution in [0.2, 0.25) is 0 Å². The number of carbonyl (C=O) groups is 2. The van der Waals surface area contributed by atoms with Crippen molar-refractivity contribution in [2.24, 2.45) is 5.92 Å². The summed E-state index contributed by atoms with van der Waals surface area (Å²) < 4.78 is 23.6. The van der Waals surface area contributed by atoms with Gasteiger partial charge in [-0.15, -0.1) is 0 Å². The molecule has 1 aromatic rings. The maximum Gasteiger partial charge on any atom is 0.410 e. The molecule has 1 aliphatic heterocycles. The third-order valence-electron chi connectivity index (χ3n) is 3.97. The van der Waals surface area contributed by atoms with Crippen LogP contribution in [0.1, 0.15) is 45.2 Å². The van der Waals surface area contributed by atoms with E-state index in [4.69, 9.17) is 9.47 Å². The lowest BCUT2D eigenvalue weighted by Crippen LogP contribution is -2.47. The number of likely N-dealkylation sites (tertiary alicyclic amines) is 1. The smallest absolute Gasteiger partial charge is 0.410 e. The van der Waals surface area contributed by atoms with Gasteiger partial charge in [0, 0.05) is 6.54 Å². The Morgan fingerprint density at radius 3 is 2.38 bits per heavy atom. The quantitative estimate of drug-likeness (QED) is 0.773. The molecule has 1 heterocycles. The molecule has 2 atom stereocenters. The van der Waals surface area contributed by atoms with Crippen LogP contribution < -0.4 is 0 Å². The summed E-state index contributed by atoms with van der Waals surface area (Å²) in [5.41, 5.74) is 0.0557. The maximum atomic E-state index is 13.3. The van der Waals surface area contributed by atoms with Crippen LogP contribution in [0.3, 0.4) is 0 Å². The lowest BCUT2D eigenvalue weighted by Gasteiger charge is -2.40. The van der Waals surface area contributed by atoms with E-state index in [2.05, 4.69) is 0 Å². The largest absolute Gasteiger partial charge is 0.469 e. The summed E-state index contributed by atoms with van der Waals surface area (Å²) in [6.45, 7) is 5.85. The third-order valence-corrected chi connectivity index (χ3v) is 3.97. The lowest BCUT2D eigenvalue weighted by atomic mass is 9.85. The molecule has 24 heavy (non-hydrogen) atoms. The predicted molar refractivity (Wildman–Crippen MR) is 86.8 cm³/mol. The van der Waals surface area contributed by atoms with E-state index >= 15 is 0 Å². The van der Waals surface area contributed by atoms with E-state index < -0.39 is 23.7 Å². The van der Waals surface area contributed by atoms with Crippen LogP contribution in [-0.4, -0.2) is 36.2 Å². The third kappa shape index (κ3) is 4.24. The number of hydrogen-bond donors (Lipinski definition) is 0. The lowest BCUT2D eigenvalue weighted by molar-refractivity contribution is -0.149. The molecule has 1 fully saturated rings. The van der Waals surface area contributed by atoms with Gasteiger partial charge < -0.3 is 14.4 Å². The number of halogens is 1. The average molecular weight is 337 g/mol. The highest BCUT2D eigenvalue weighted by atomic mass is 19.1. The molecule has 0 aromatic heterocycles. The Morgan fingerprint density at radius 2 is 1.83 bits per heavy atom. The van der Waals surface area contributed by atoms with Gasteiger partial charge in [0.25, 0.3) is 0 Å². The van der Waals surface area contributed by atoms with E-state index in [-0.39, 0.29) is 11.8 Å². The molecule has 5 nitrogen and oxygen atoms in total. The summed E-state index contributed by atoms with van der Waals surface area (Å²) in [5, 5.41) is 0. The first-order chi connectivity index (χ1) is 11.2.